The summed E-state index contributed by atoms with van der Waals surface area (Å²) < 4.78 is 0. The number of nitrogens with zero attached hydrogens (tertiary/aromatic N) is 1. The molecule has 84 valence electrons. The Balaban J connectivity index is 0.000000921. The average molecular weight is 208 g/mol. The molecule has 0 saturated carbocycles. The molecule has 0 aliphatic carbocycles. The van der Waals surface area contributed by atoms with E-state index >= 15 is 0 Å². The molecular weight excluding hydrogens is 188 g/mol. The van der Waals surface area contributed by atoms with Crippen LogP contribution in [0.5, 0.6) is 0 Å². The second kappa shape index (κ2) is 7.97. The summed E-state index contributed by atoms with van der Waals surface area (Å²) in [6.07, 6.45) is 2.24. The maximum absolute atomic E-state index is 11.1. The minimum atomic E-state index is -0.00588. The van der Waals surface area contributed by atoms with Crippen molar-refractivity contribution >= 4 is 5.91 Å². The average Bonchev–Trinajstić information content (AvgIpc) is 2.32. The lowest BCUT2D eigenvalue weighted by atomic mass is 10.2. The summed E-state index contributed by atoms with van der Waals surface area (Å²) in [5, 5.41) is 2.84. The van der Waals surface area contributed by atoms with Crippen molar-refractivity contribution in [1.29, 1.82) is 0 Å². The van der Waals surface area contributed by atoms with Crippen molar-refractivity contribution in [3.63, 3.8) is 0 Å². The number of amides is 1. The van der Waals surface area contributed by atoms with Gasteiger partial charge in [-0.3, -0.25) is 9.78 Å². The Labute approximate surface area is 91.9 Å². The highest BCUT2D eigenvalue weighted by Crippen LogP contribution is 2.07. The monoisotopic (exact) mass is 208 g/mol. The lowest BCUT2D eigenvalue weighted by molar-refractivity contribution is -0.121. The van der Waals surface area contributed by atoms with Gasteiger partial charge in [0.2, 0.25) is 5.91 Å². The van der Waals surface area contributed by atoms with Gasteiger partial charge in [0.1, 0.15) is 0 Å². The Morgan fingerprint density at radius 2 is 2.13 bits per heavy atom. The maximum atomic E-state index is 11.1. The van der Waals surface area contributed by atoms with E-state index in [0.717, 1.165) is 5.69 Å². The summed E-state index contributed by atoms with van der Waals surface area (Å²) in [7, 11) is 0. The van der Waals surface area contributed by atoms with E-state index < -0.39 is 0 Å². The zero-order chi connectivity index (χ0) is 11.7. The van der Waals surface area contributed by atoms with Crippen molar-refractivity contribution in [3.05, 3.63) is 30.1 Å². The topological polar surface area (TPSA) is 42.0 Å². The molecule has 0 aromatic carbocycles. The van der Waals surface area contributed by atoms with E-state index in [-0.39, 0.29) is 11.9 Å². The first kappa shape index (κ1) is 13.6. The standard InChI is InChI=1S/C10H14N2O.C2H6/c1-3-10(13)12-8(2)9-6-4-5-7-11-9;1-2/h4-8H,3H2,1-2H3,(H,12,13);1-2H3. The molecule has 0 aliphatic heterocycles. The maximum Gasteiger partial charge on any atom is 0.220 e. The molecule has 0 aliphatic rings. The fourth-order valence-corrected chi connectivity index (χ4v) is 1.05. The van der Waals surface area contributed by atoms with Crippen LogP contribution >= 0.6 is 0 Å². The van der Waals surface area contributed by atoms with Crippen molar-refractivity contribution < 1.29 is 4.79 Å². The fourth-order valence-electron chi connectivity index (χ4n) is 1.05. The molecule has 0 fully saturated rings. The van der Waals surface area contributed by atoms with E-state index in [1.165, 1.54) is 0 Å². The highest BCUT2D eigenvalue weighted by molar-refractivity contribution is 5.75. The normalized spacial score (nSPS) is 10.9. The Bertz CT molecular complexity index is 272. The summed E-state index contributed by atoms with van der Waals surface area (Å²) in [6, 6.07) is 5.67. The van der Waals surface area contributed by atoms with Crippen LogP contribution in [0, 0.1) is 0 Å². The molecule has 3 nitrogen and oxygen atoms in total. The van der Waals surface area contributed by atoms with Gasteiger partial charge < -0.3 is 5.32 Å². The molecule has 0 spiro atoms. The van der Waals surface area contributed by atoms with Gasteiger partial charge in [0.25, 0.3) is 0 Å². The Morgan fingerprint density at radius 1 is 1.47 bits per heavy atom. The van der Waals surface area contributed by atoms with Crippen LogP contribution in [0.1, 0.15) is 45.9 Å². The van der Waals surface area contributed by atoms with Crippen LogP contribution in [-0.4, -0.2) is 10.9 Å². The number of hydrogen-bond acceptors (Lipinski definition) is 2. The molecule has 1 heterocycles. The van der Waals surface area contributed by atoms with Gasteiger partial charge in [0.05, 0.1) is 11.7 Å². The van der Waals surface area contributed by atoms with Crippen molar-refractivity contribution in [1.82, 2.24) is 10.3 Å². The van der Waals surface area contributed by atoms with Crippen LogP contribution in [0.4, 0.5) is 0 Å². The fraction of sp³-hybridized carbons (Fsp3) is 0.500. The van der Waals surface area contributed by atoms with E-state index in [0.29, 0.717) is 6.42 Å². The molecule has 1 amide bonds. The lowest BCUT2D eigenvalue weighted by Gasteiger charge is -2.11. The molecule has 1 atom stereocenters. The molecule has 0 bridgehead atoms. The number of hydrogen-bond donors (Lipinski definition) is 1. The SMILES string of the molecule is CC.CCC(=O)NC(C)c1ccccn1. The van der Waals surface area contributed by atoms with Gasteiger partial charge in [-0.1, -0.05) is 26.8 Å². The molecule has 1 N–H and O–H groups in total. The van der Waals surface area contributed by atoms with Crippen molar-refractivity contribution in [3.8, 4) is 0 Å². The molecule has 1 rings (SSSR count). The van der Waals surface area contributed by atoms with Gasteiger partial charge in [0, 0.05) is 12.6 Å². The molecule has 0 saturated heterocycles. The third-order valence-electron chi connectivity index (χ3n) is 1.83. The highest BCUT2D eigenvalue weighted by atomic mass is 16.1. The van der Waals surface area contributed by atoms with Crippen LogP contribution < -0.4 is 5.32 Å². The smallest absolute Gasteiger partial charge is 0.220 e. The largest absolute Gasteiger partial charge is 0.348 e. The molecule has 1 aromatic heterocycles. The number of rotatable bonds is 3. The molecule has 15 heavy (non-hydrogen) atoms. The van der Waals surface area contributed by atoms with Gasteiger partial charge >= 0.3 is 0 Å². The highest BCUT2D eigenvalue weighted by Gasteiger charge is 2.07. The van der Waals surface area contributed by atoms with Gasteiger partial charge in [-0.25, -0.2) is 0 Å². The van der Waals surface area contributed by atoms with E-state index in [9.17, 15) is 4.79 Å². The van der Waals surface area contributed by atoms with E-state index in [1.807, 2.05) is 45.9 Å². The zero-order valence-corrected chi connectivity index (χ0v) is 9.95. The molecule has 3 heteroatoms. The van der Waals surface area contributed by atoms with Crippen molar-refractivity contribution in [2.24, 2.45) is 0 Å². The van der Waals surface area contributed by atoms with E-state index in [1.54, 1.807) is 6.20 Å². The first-order valence-corrected chi connectivity index (χ1v) is 5.44. The summed E-state index contributed by atoms with van der Waals surface area (Å²) in [6.45, 7) is 7.76. The minimum Gasteiger partial charge on any atom is -0.348 e. The van der Waals surface area contributed by atoms with Crippen LogP contribution in [0.15, 0.2) is 24.4 Å². The summed E-state index contributed by atoms with van der Waals surface area (Å²) >= 11 is 0. The molecular formula is C12H20N2O. The second-order valence-corrected chi connectivity index (χ2v) is 2.90. The quantitative estimate of drug-likeness (QED) is 0.829. The van der Waals surface area contributed by atoms with Gasteiger partial charge in [0.15, 0.2) is 0 Å². The first-order chi connectivity index (χ1) is 7.24. The van der Waals surface area contributed by atoms with Crippen molar-refractivity contribution in [2.75, 3.05) is 0 Å². The zero-order valence-electron chi connectivity index (χ0n) is 9.95. The summed E-state index contributed by atoms with van der Waals surface area (Å²) in [5.74, 6) is 0.0538. The minimum absolute atomic E-state index is 0.00588. The Hall–Kier alpha value is -1.38. The Kier molecular flexibility index (Phi) is 7.24. The third kappa shape index (κ3) is 5.15. The van der Waals surface area contributed by atoms with Crippen LogP contribution in [0.3, 0.4) is 0 Å². The number of carbonyl (C=O) groups excluding carboxylic acids is 1. The third-order valence-corrected chi connectivity index (χ3v) is 1.83. The number of nitrogens with one attached hydrogen (secondary N) is 1. The predicted octanol–water partition coefficient (Wildman–Crippen LogP) is 2.70. The first-order valence-electron chi connectivity index (χ1n) is 5.44. The summed E-state index contributed by atoms with van der Waals surface area (Å²) in [5.41, 5.74) is 0.893. The number of pyridine rings is 1. The van der Waals surface area contributed by atoms with Gasteiger partial charge in [-0.15, -0.1) is 0 Å². The summed E-state index contributed by atoms with van der Waals surface area (Å²) in [4.78, 5) is 15.2. The van der Waals surface area contributed by atoms with E-state index in [4.69, 9.17) is 0 Å². The Morgan fingerprint density at radius 3 is 2.60 bits per heavy atom. The molecule has 0 radical (unpaired) electrons. The van der Waals surface area contributed by atoms with Crippen LogP contribution in [-0.2, 0) is 4.79 Å². The second-order valence-electron chi connectivity index (χ2n) is 2.90. The molecule has 1 unspecified atom stereocenters. The number of carbonyl (C=O) groups is 1. The van der Waals surface area contributed by atoms with Gasteiger partial charge in [-0.2, -0.15) is 0 Å². The predicted molar refractivity (Wildman–Crippen MR) is 62.4 cm³/mol. The molecule has 1 aromatic rings. The van der Waals surface area contributed by atoms with Crippen LogP contribution in [0.25, 0.3) is 0 Å². The van der Waals surface area contributed by atoms with Gasteiger partial charge in [-0.05, 0) is 19.1 Å². The van der Waals surface area contributed by atoms with Crippen LogP contribution in [0.2, 0.25) is 0 Å². The van der Waals surface area contributed by atoms with E-state index in [2.05, 4.69) is 10.3 Å². The number of aromatic nitrogens is 1. The van der Waals surface area contributed by atoms with Crippen molar-refractivity contribution in [2.45, 2.75) is 40.2 Å². The lowest BCUT2D eigenvalue weighted by Crippen LogP contribution is -2.26.